The highest BCUT2D eigenvalue weighted by atomic mass is 32.2. The van der Waals surface area contributed by atoms with Crippen LogP contribution in [-0.2, 0) is 21.4 Å². The Bertz CT molecular complexity index is 1040. The van der Waals surface area contributed by atoms with E-state index in [1.807, 2.05) is 0 Å². The lowest BCUT2D eigenvalue weighted by Gasteiger charge is -2.41. The van der Waals surface area contributed by atoms with E-state index in [2.05, 4.69) is 10.6 Å². The summed E-state index contributed by atoms with van der Waals surface area (Å²) in [5.74, 6) is -1.44. The standard InChI is InChI=1S/C21H28FN5O4S/c22-18-11-19-12(8-20(28)25-19)7-17(18)21(29)24-14-9-15-1-2-16(10-14)27(15)32(30,31)26-5-3-13(23)4-6-26/h7,11,13-16H,1-6,8-10,23H2,(H,24,29)(H,25,28)/t14?,15-,16+. The maximum atomic E-state index is 14.5. The highest BCUT2D eigenvalue weighted by Gasteiger charge is 2.49. The van der Waals surface area contributed by atoms with E-state index < -0.39 is 21.9 Å². The molecule has 0 spiro atoms. The topological polar surface area (TPSA) is 125 Å². The van der Waals surface area contributed by atoms with Crippen LogP contribution < -0.4 is 16.4 Å². The molecular weight excluding hydrogens is 437 g/mol. The maximum absolute atomic E-state index is 14.5. The molecule has 1 aromatic carbocycles. The molecule has 5 rings (SSSR count). The van der Waals surface area contributed by atoms with Crippen LogP contribution in [0.1, 0.15) is 54.4 Å². The molecule has 3 saturated heterocycles. The Hall–Kier alpha value is -2.08. The van der Waals surface area contributed by atoms with Gasteiger partial charge in [-0.3, -0.25) is 9.59 Å². The number of halogens is 1. The Labute approximate surface area is 186 Å². The molecule has 11 heteroatoms. The summed E-state index contributed by atoms with van der Waals surface area (Å²) >= 11 is 0. The number of nitrogens with one attached hydrogen (secondary N) is 2. The van der Waals surface area contributed by atoms with Crippen LogP contribution in [0.3, 0.4) is 0 Å². The fourth-order valence-corrected chi connectivity index (χ4v) is 7.63. The lowest BCUT2D eigenvalue weighted by molar-refractivity contribution is -0.115. The Kier molecular flexibility index (Phi) is 5.47. The average Bonchev–Trinajstić information content (AvgIpc) is 3.23. The number of piperidine rings is 2. The fraction of sp³-hybridized carbons (Fsp3) is 0.619. The summed E-state index contributed by atoms with van der Waals surface area (Å²) in [4.78, 5) is 24.3. The van der Waals surface area contributed by atoms with Crippen molar-refractivity contribution in [3.63, 3.8) is 0 Å². The Balaban J connectivity index is 1.27. The van der Waals surface area contributed by atoms with Crippen LogP contribution in [0.2, 0.25) is 0 Å². The van der Waals surface area contributed by atoms with E-state index in [1.54, 1.807) is 4.31 Å². The molecule has 2 bridgehead atoms. The summed E-state index contributed by atoms with van der Waals surface area (Å²) in [5, 5.41) is 5.47. The van der Waals surface area contributed by atoms with Crippen LogP contribution in [0.25, 0.3) is 0 Å². The fourth-order valence-electron chi connectivity index (χ4n) is 5.55. The second-order valence-corrected chi connectivity index (χ2v) is 11.1. The number of carbonyl (C=O) groups excluding carboxylic acids is 2. The molecule has 1 unspecified atom stereocenters. The van der Waals surface area contributed by atoms with Crippen molar-refractivity contribution in [2.45, 2.75) is 69.1 Å². The molecule has 3 atom stereocenters. The van der Waals surface area contributed by atoms with Gasteiger partial charge in [-0.2, -0.15) is 17.0 Å². The minimum Gasteiger partial charge on any atom is -0.349 e. The van der Waals surface area contributed by atoms with Crippen molar-refractivity contribution in [2.75, 3.05) is 18.4 Å². The first-order valence-corrected chi connectivity index (χ1v) is 12.6. The molecule has 4 aliphatic heterocycles. The van der Waals surface area contributed by atoms with Crippen molar-refractivity contribution in [3.05, 3.63) is 29.1 Å². The average molecular weight is 466 g/mol. The van der Waals surface area contributed by atoms with Gasteiger partial charge in [0.1, 0.15) is 5.82 Å². The van der Waals surface area contributed by atoms with Gasteiger partial charge in [0.25, 0.3) is 16.1 Å². The van der Waals surface area contributed by atoms with E-state index >= 15 is 0 Å². The monoisotopic (exact) mass is 465 g/mol. The maximum Gasteiger partial charge on any atom is 0.282 e. The van der Waals surface area contributed by atoms with Gasteiger partial charge < -0.3 is 16.4 Å². The van der Waals surface area contributed by atoms with Crippen LogP contribution in [-0.4, -0.2) is 66.1 Å². The van der Waals surface area contributed by atoms with Crippen LogP contribution in [0, 0.1) is 5.82 Å². The SMILES string of the molecule is NC1CCN(S(=O)(=O)N2[C@@H]3CC[C@H]2CC(NC(=O)c2cc4c(cc2F)NC(=O)C4)C3)CC1. The van der Waals surface area contributed by atoms with E-state index in [1.165, 1.54) is 16.4 Å². The van der Waals surface area contributed by atoms with Gasteiger partial charge >= 0.3 is 0 Å². The first-order chi connectivity index (χ1) is 15.2. The number of nitrogens with zero attached hydrogens (tertiary/aromatic N) is 2. The summed E-state index contributed by atoms with van der Waals surface area (Å²) in [7, 11) is -3.57. The lowest BCUT2D eigenvalue weighted by atomic mass is 9.99. The van der Waals surface area contributed by atoms with Crippen molar-refractivity contribution in [1.82, 2.24) is 13.9 Å². The molecule has 1 aromatic rings. The molecule has 4 heterocycles. The van der Waals surface area contributed by atoms with Crippen molar-refractivity contribution in [1.29, 1.82) is 0 Å². The zero-order valence-electron chi connectivity index (χ0n) is 17.7. The zero-order valence-corrected chi connectivity index (χ0v) is 18.5. The second-order valence-electron chi connectivity index (χ2n) is 9.32. The number of rotatable bonds is 4. The van der Waals surface area contributed by atoms with Crippen molar-refractivity contribution >= 4 is 27.7 Å². The van der Waals surface area contributed by atoms with Crippen molar-refractivity contribution in [3.8, 4) is 0 Å². The molecule has 174 valence electrons. The highest BCUT2D eigenvalue weighted by molar-refractivity contribution is 7.86. The van der Waals surface area contributed by atoms with Gasteiger partial charge in [0, 0.05) is 42.9 Å². The lowest BCUT2D eigenvalue weighted by Crippen LogP contribution is -2.57. The predicted molar refractivity (Wildman–Crippen MR) is 116 cm³/mol. The normalized spacial score (nSPS) is 29.1. The number of benzene rings is 1. The third kappa shape index (κ3) is 3.81. The van der Waals surface area contributed by atoms with Gasteiger partial charge in [0.05, 0.1) is 12.0 Å². The number of nitrogens with two attached hydrogens (primary N) is 1. The quantitative estimate of drug-likeness (QED) is 0.604. The third-order valence-corrected chi connectivity index (χ3v) is 9.30. The molecule has 4 aliphatic rings. The number of anilines is 1. The van der Waals surface area contributed by atoms with Crippen LogP contribution in [0.4, 0.5) is 10.1 Å². The Morgan fingerprint density at radius 3 is 2.44 bits per heavy atom. The van der Waals surface area contributed by atoms with Gasteiger partial charge in [-0.05, 0) is 56.2 Å². The van der Waals surface area contributed by atoms with E-state index in [9.17, 15) is 22.4 Å². The van der Waals surface area contributed by atoms with E-state index in [-0.39, 0.29) is 42.1 Å². The molecule has 0 radical (unpaired) electrons. The van der Waals surface area contributed by atoms with Crippen LogP contribution in [0.5, 0.6) is 0 Å². The number of amides is 2. The van der Waals surface area contributed by atoms with Crippen molar-refractivity contribution < 1.29 is 22.4 Å². The summed E-state index contributed by atoms with van der Waals surface area (Å²) in [6.07, 6.45) is 3.96. The number of carbonyl (C=O) groups is 2. The Morgan fingerprint density at radius 2 is 1.78 bits per heavy atom. The third-order valence-electron chi connectivity index (χ3n) is 7.16. The first kappa shape index (κ1) is 21.7. The van der Waals surface area contributed by atoms with Gasteiger partial charge in [-0.1, -0.05) is 0 Å². The summed E-state index contributed by atoms with van der Waals surface area (Å²) in [6.45, 7) is 0.878. The van der Waals surface area contributed by atoms with E-state index in [0.717, 1.165) is 12.8 Å². The molecule has 0 aromatic heterocycles. The van der Waals surface area contributed by atoms with E-state index in [0.29, 0.717) is 50.0 Å². The number of fused-ring (bicyclic) bond motifs is 3. The van der Waals surface area contributed by atoms with Gasteiger partial charge in [-0.25, -0.2) is 4.39 Å². The van der Waals surface area contributed by atoms with E-state index in [4.69, 9.17) is 5.73 Å². The second kappa shape index (κ2) is 8.05. The molecule has 3 fully saturated rings. The Morgan fingerprint density at radius 1 is 1.12 bits per heavy atom. The summed E-state index contributed by atoms with van der Waals surface area (Å²) in [5.41, 5.74) is 6.84. The van der Waals surface area contributed by atoms with Gasteiger partial charge in [0.2, 0.25) is 5.91 Å². The van der Waals surface area contributed by atoms with Gasteiger partial charge in [0.15, 0.2) is 0 Å². The van der Waals surface area contributed by atoms with Crippen LogP contribution >= 0.6 is 0 Å². The molecule has 2 amide bonds. The molecule has 0 aliphatic carbocycles. The molecule has 9 nitrogen and oxygen atoms in total. The summed E-state index contributed by atoms with van der Waals surface area (Å²) in [6, 6.07) is 2.07. The molecule has 0 saturated carbocycles. The molecule has 32 heavy (non-hydrogen) atoms. The zero-order chi connectivity index (χ0) is 22.6. The molecular formula is C21H28FN5O4S. The minimum absolute atomic E-state index is 0.0487. The number of hydrogen-bond donors (Lipinski definition) is 3. The first-order valence-electron chi connectivity index (χ1n) is 11.2. The van der Waals surface area contributed by atoms with Gasteiger partial charge in [-0.15, -0.1) is 0 Å². The summed E-state index contributed by atoms with van der Waals surface area (Å²) < 4.78 is 44.2. The largest absolute Gasteiger partial charge is 0.349 e. The number of hydrogen-bond acceptors (Lipinski definition) is 5. The molecule has 4 N–H and O–H groups in total. The minimum atomic E-state index is -3.57. The smallest absolute Gasteiger partial charge is 0.282 e. The van der Waals surface area contributed by atoms with Crippen molar-refractivity contribution in [2.24, 2.45) is 5.73 Å². The van der Waals surface area contributed by atoms with Crippen LogP contribution in [0.15, 0.2) is 12.1 Å². The predicted octanol–water partition coefficient (Wildman–Crippen LogP) is 0.713. The highest BCUT2D eigenvalue weighted by Crippen LogP contribution is 2.39.